The van der Waals surface area contributed by atoms with Gasteiger partial charge >= 0.3 is 0 Å². The van der Waals surface area contributed by atoms with E-state index < -0.39 is 0 Å². The molecule has 0 bridgehead atoms. The van der Waals surface area contributed by atoms with Gasteiger partial charge in [0.15, 0.2) is 11.6 Å². The molecule has 0 saturated carbocycles. The third kappa shape index (κ3) is 4.79. The molecule has 0 unspecified atom stereocenters. The van der Waals surface area contributed by atoms with Crippen LogP contribution in [0.4, 0.5) is 17.3 Å². The van der Waals surface area contributed by atoms with E-state index in [2.05, 4.69) is 26.9 Å². The fourth-order valence-electron chi connectivity index (χ4n) is 2.25. The lowest BCUT2D eigenvalue weighted by Crippen LogP contribution is -2.15. The summed E-state index contributed by atoms with van der Waals surface area (Å²) in [6, 6.07) is 19.5. The normalized spacial score (nSPS) is 10.0. The van der Waals surface area contributed by atoms with Crippen LogP contribution in [-0.2, 0) is 11.2 Å². The Kier molecular flexibility index (Phi) is 5.42. The largest absolute Gasteiger partial charge is 0.339 e. The number of benzene rings is 2. The average Bonchev–Trinajstić information content (AvgIpc) is 2.65. The number of hydrogen-bond acceptors (Lipinski definition) is 5. The van der Waals surface area contributed by atoms with Crippen LogP contribution >= 0.6 is 11.6 Å². The number of carbonyl (C=O) groups excluding carboxylic acids is 1. The summed E-state index contributed by atoms with van der Waals surface area (Å²) in [6.45, 7) is 0. The molecule has 1 heterocycles. The van der Waals surface area contributed by atoms with Crippen LogP contribution in [0.2, 0.25) is 5.02 Å². The first-order chi connectivity index (χ1) is 12.6. The van der Waals surface area contributed by atoms with Crippen molar-refractivity contribution < 1.29 is 4.79 Å². The number of amides is 1. The quantitative estimate of drug-likeness (QED) is 0.716. The van der Waals surface area contributed by atoms with E-state index in [0.717, 1.165) is 11.3 Å². The maximum Gasteiger partial charge on any atom is 0.229 e. The van der Waals surface area contributed by atoms with E-state index in [-0.39, 0.29) is 12.3 Å². The predicted octanol–water partition coefficient (Wildman–Crippen LogP) is 3.93. The minimum absolute atomic E-state index is 0.191. The number of rotatable bonds is 5. The molecule has 3 rings (SSSR count). The SMILES string of the molecule is N#Cc1cccc(Nc2ccc(NC(=O)Cc3ccc(Cl)cc3)nn2)c1. The summed E-state index contributed by atoms with van der Waals surface area (Å²) in [6.07, 6.45) is 0.222. The van der Waals surface area contributed by atoms with Crippen molar-refractivity contribution in [1.29, 1.82) is 5.26 Å². The Bertz CT molecular complexity index is 949. The first-order valence-corrected chi connectivity index (χ1v) is 8.15. The third-order valence-electron chi connectivity index (χ3n) is 3.47. The van der Waals surface area contributed by atoms with E-state index in [1.54, 1.807) is 54.6 Å². The first kappa shape index (κ1) is 17.4. The summed E-state index contributed by atoms with van der Waals surface area (Å²) in [5.74, 6) is 0.681. The lowest BCUT2D eigenvalue weighted by molar-refractivity contribution is -0.115. The van der Waals surface area contributed by atoms with Gasteiger partial charge in [-0.25, -0.2) is 0 Å². The van der Waals surface area contributed by atoms with Crippen molar-refractivity contribution >= 4 is 34.8 Å². The number of aromatic nitrogens is 2. The summed E-state index contributed by atoms with van der Waals surface area (Å²) in [5.41, 5.74) is 2.14. The average molecular weight is 364 g/mol. The molecule has 6 nitrogen and oxygen atoms in total. The van der Waals surface area contributed by atoms with Crippen LogP contribution in [0.15, 0.2) is 60.7 Å². The van der Waals surface area contributed by atoms with Crippen LogP contribution in [0.5, 0.6) is 0 Å². The summed E-state index contributed by atoms with van der Waals surface area (Å²) in [4.78, 5) is 12.1. The van der Waals surface area contributed by atoms with Crippen molar-refractivity contribution in [3.05, 3.63) is 76.8 Å². The fourth-order valence-corrected chi connectivity index (χ4v) is 2.38. The molecule has 26 heavy (non-hydrogen) atoms. The molecule has 0 atom stereocenters. The van der Waals surface area contributed by atoms with Crippen molar-refractivity contribution in [2.45, 2.75) is 6.42 Å². The van der Waals surface area contributed by atoms with Crippen molar-refractivity contribution in [2.24, 2.45) is 0 Å². The zero-order valence-corrected chi connectivity index (χ0v) is 14.4. The lowest BCUT2D eigenvalue weighted by atomic mass is 10.1. The smallest absolute Gasteiger partial charge is 0.229 e. The minimum Gasteiger partial charge on any atom is -0.339 e. The Balaban J connectivity index is 1.59. The lowest BCUT2D eigenvalue weighted by Gasteiger charge is -2.07. The van der Waals surface area contributed by atoms with Gasteiger partial charge in [0.25, 0.3) is 0 Å². The van der Waals surface area contributed by atoms with Crippen molar-refractivity contribution in [3.8, 4) is 6.07 Å². The number of nitriles is 1. The molecule has 1 amide bonds. The van der Waals surface area contributed by atoms with Gasteiger partial charge in [-0.2, -0.15) is 5.26 Å². The number of anilines is 3. The highest BCUT2D eigenvalue weighted by Gasteiger charge is 2.06. The molecule has 7 heteroatoms. The van der Waals surface area contributed by atoms with Crippen LogP contribution in [0, 0.1) is 11.3 Å². The molecule has 0 aliphatic carbocycles. The first-order valence-electron chi connectivity index (χ1n) is 7.77. The van der Waals surface area contributed by atoms with Crippen LogP contribution in [-0.4, -0.2) is 16.1 Å². The van der Waals surface area contributed by atoms with Crippen LogP contribution in [0.3, 0.4) is 0 Å². The maximum atomic E-state index is 12.1. The molecule has 0 fully saturated rings. The van der Waals surface area contributed by atoms with E-state index >= 15 is 0 Å². The van der Waals surface area contributed by atoms with E-state index in [1.807, 2.05) is 6.07 Å². The zero-order valence-electron chi connectivity index (χ0n) is 13.6. The summed E-state index contributed by atoms with van der Waals surface area (Å²) in [5, 5.41) is 23.3. The molecule has 1 aromatic heterocycles. The molecule has 0 radical (unpaired) electrons. The zero-order chi connectivity index (χ0) is 18.4. The van der Waals surface area contributed by atoms with Crippen LogP contribution in [0.1, 0.15) is 11.1 Å². The molecular formula is C19H14ClN5O. The van der Waals surface area contributed by atoms with Gasteiger partial charge in [0, 0.05) is 10.7 Å². The standard InChI is InChI=1S/C19H14ClN5O/c20-15-6-4-13(5-7-15)11-19(26)23-18-9-8-17(24-25-18)22-16-3-1-2-14(10-16)12-21/h1-10H,11H2,(H,22,24)(H,23,25,26). The van der Waals surface area contributed by atoms with Crippen LogP contribution in [0.25, 0.3) is 0 Å². The molecule has 2 aromatic carbocycles. The molecule has 0 aliphatic rings. The van der Waals surface area contributed by atoms with Crippen molar-refractivity contribution in [2.75, 3.05) is 10.6 Å². The fraction of sp³-hybridized carbons (Fsp3) is 0.0526. The summed E-state index contributed by atoms with van der Waals surface area (Å²) < 4.78 is 0. The monoisotopic (exact) mass is 363 g/mol. The highest BCUT2D eigenvalue weighted by atomic mass is 35.5. The topological polar surface area (TPSA) is 90.7 Å². The minimum atomic E-state index is -0.191. The summed E-state index contributed by atoms with van der Waals surface area (Å²) in [7, 11) is 0. The van der Waals surface area contributed by atoms with Crippen molar-refractivity contribution in [1.82, 2.24) is 10.2 Å². The van der Waals surface area contributed by atoms with Crippen molar-refractivity contribution in [3.63, 3.8) is 0 Å². The molecule has 3 aromatic rings. The maximum absolute atomic E-state index is 12.1. The highest BCUT2D eigenvalue weighted by Crippen LogP contribution is 2.16. The number of halogens is 1. The molecule has 0 saturated heterocycles. The van der Waals surface area contributed by atoms with Gasteiger partial charge in [0.1, 0.15) is 0 Å². The second-order valence-corrected chi connectivity index (χ2v) is 5.91. The van der Waals surface area contributed by atoms with Gasteiger partial charge in [-0.3, -0.25) is 4.79 Å². The third-order valence-corrected chi connectivity index (χ3v) is 3.73. The van der Waals surface area contributed by atoms with E-state index in [0.29, 0.717) is 22.2 Å². The second kappa shape index (κ2) is 8.10. The van der Waals surface area contributed by atoms with Crippen LogP contribution < -0.4 is 10.6 Å². The Morgan fingerprint density at radius 3 is 2.46 bits per heavy atom. The number of nitrogens with one attached hydrogen (secondary N) is 2. The van der Waals surface area contributed by atoms with Gasteiger partial charge in [-0.05, 0) is 48.0 Å². The Labute approximate surface area is 155 Å². The summed E-state index contributed by atoms with van der Waals surface area (Å²) >= 11 is 5.83. The predicted molar refractivity (Wildman–Crippen MR) is 100 cm³/mol. The molecular weight excluding hydrogens is 350 g/mol. The van der Waals surface area contributed by atoms with Gasteiger partial charge in [0.2, 0.25) is 5.91 Å². The molecule has 2 N–H and O–H groups in total. The van der Waals surface area contributed by atoms with E-state index in [9.17, 15) is 4.79 Å². The Morgan fingerprint density at radius 1 is 1.04 bits per heavy atom. The number of hydrogen-bond donors (Lipinski definition) is 2. The number of carbonyl (C=O) groups is 1. The Morgan fingerprint density at radius 2 is 1.77 bits per heavy atom. The molecule has 0 aliphatic heterocycles. The second-order valence-electron chi connectivity index (χ2n) is 5.47. The Hall–Kier alpha value is -3.43. The van der Waals surface area contributed by atoms with Gasteiger partial charge < -0.3 is 10.6 Å². The van der Waals surface area contributed by atoms with Gasteiger partial charge in [-0.15, -0.1) is 10.2 Å². The van der Waals surface area contributed by atoms with Gasteiger partial charge in [0.05, 0.1) is 18.1 Å². The van der Waals surface area contributed by atoms with E-state index in [4.69, 9.17) is 16.9 Å². The molecule has 0 spiro atoms. The van der Waals surface area contributed by atoms with Gasteiger partial charge in [-0.1, -0.05) is 29.8 Å². The highest BCUT2D eigenvalue weighted by molar-refractivity contribution is 6.30. The molecule has 128 valence electrons. The van der Waals surface area contributed by atoms with E-state index in [1.165, 1.54) is 0 Å². The number of nitrogens with zero attached hydrogens (tertiary/aromatic N) is 3.